The van der Waals surface area contributed by atoms with Crippen molar-refractivity contribution < 1.29 is 14.6 Å². The van der Waals surface area contributed by atoms with Crippen molar-refractivity contribution in [1.82, 2.24) is 0 Å². The van der Waals surface area contributed by atoms with Gasteiger partial charge in [0.05, 0.1) is 0 Å². The van der Waals surface area contributed by atoms with Gasteiger partial charge in [-0.15, -0.1) is 9.24 Å². The van der Waals surface area contributed by atoms with Crippen LogP contribution in [0.15, 0.2) is 24.8 Å². The Bertz CT molecular complexity index is 376. The maximum absolute atomic E-state index is 12.9. The van der Waals surface area contributed by atoms with E-state index >= 15 is 0 Å². The number of aliphatic hydroxyl groups excluding tert-OH is 2. The van der Waals surface area contributed by atoms with Crippen molar-refractivity contribution in [3.63, 3.8) is 0 Å². The van der Waals surface area contributed by atoms with Crippen LogP contribution in [0, 0.1) is 11.7 Å². The summed E-state index contributed by atoms with van der Waals surface area (Å²) in [5, 5.41) is 18.7. The number of hydrogen-bond donors (Lipinski definition) is 2. The molecule has 0 aromatic heterocycles. The molecule has 0 aliphatic rings. The van der Waals surface area contributed by atoms with Crippen LogP contribution in [-0.2, 0) is 0 Å². The molecule has 4 heteroatoms. The molecule has 1 unspecified atom stereocenters. The third kappa shape index (κ3) is 5.26. The fourth-order valence-electron chi connectivity index (χ4n) is 1.50. The molecule has 0 spiro atoms. The molecule has 0 saturated carbocycles. The van der Waals surface area contributed by atoms with Gasteiger partial charge >= 0.3 is 0 Å². The lowest BCUT2D eigenvalue weighted by molar-refractivity contribution is 0.153. The second-order valence-corrected chi connectivity index (χ2v) is 4.39. The van der Waals surface area contributed by atoms with Gasteiger partial charge in [-0.3, -0.25) is 0 Å². The van der Waals surface area contributed by atoms with Gasteiger partial charge in [-0.05, 0) is 35.0 Å². The molecule has 0 aliphatic carbocycles. The average Bonchev–Trinajstić information content (AvgIpc) is 2.38. The monoisotopic (exact) mass is 272 g/mol. The van der Waals surface area contributed by atoms with Crippen molar-refractivity contribution in [2.75, 3.05) is 13.2 Å². The lowest BCUT2D eigenvalue weighted by Gasteiger charge is -2.14. The zero-order valence-corrected chi connectivity index (χ0v) is 12.1. The molecule has 2 nitrogen and oxygen atoms in total. The van der Waals surface area contributed by atoms with Gasteiger partial charge in [0.25, 0.3) is 0 Å². The Hall–Kier alpha value is -0.760. The van der Waals surface area contributed by atoms with Crippen LogP contribution in [0.1, 0.15) is 25.8 Å². The molecule has 1 aromatic rings. The normalized spacial score (nSPS) is 9.94. The Morgan fingerprint density at radius 3 is 2.33 bits per heavy atom. The number of hydrogen-bond acceptors (Lipinski definition) is 2. The van der Waals surface area contributed by atoms with Crippen molar-refractivity contribution in [3.05, 3.63) is 36.2 Å². The third-order valence-corrected chi connectivity index (χ3v) is 2.92. The molecule has 0 radical (unpaired) electrons. The summed E-state index contributed by atoms with van der Waals surface area (Å²) < 4.78 is 12.9. The lowest BCUT2D eigenvalue weighted by atomic mass is 9.96. The minimum absolute atomic E-state index is 0.0805. The summed E-state index contributed by atoms with van der Waals surface area (Å²) in [5.41, 5.74) is 1.64. The van der Waals surface area contributed by atoms with E-state index in [1.165, 1.54) is 12.1 Å². The van der Waals surface area contributed by atoms with Gasteiger partial charge in [0, 0.05) is 19.1 Å². The Morgan fingerprint density at radius 2 is 1.89 bits per heavy atom. The van der Waals surface area contributed by atoms with Crippen molar-refractivity contribution in [2.45, 2.75) is 20.3 Å². The Kier molecular flexibility index (Phi) is 8.82. The van der Waals surface area contributed by atoms with Gasteiger partial charge in [0.2, 0.25) is 0 Å². The lowest BCUT2D eigenvalue weighted by Crippen LogP contribution is -2.13. The number of halogens is 1. The van der Waals surface area contributed by atoms with Gasteiger partial charge < -0.3 is 10.2 Å². The zero-order chi connectivity index (χ0) is 14.1. The first-order valence-electron chi connectivity index (χ1n) is 6.03. The second-order valence-electron chi connectivity index (χ2n) is 3.77. The molecule has 0 saturated heterocycles. The molecular weight excluding hydrogens is 250 g/mol. The summed E-state index contributed by atoms with van der Waals surface area (Å²) in [7, 11) is 2.46. The van der Waals surface area contributed by atoms with Gasteiger partial charge in [0.15, 0.2) is 0 Å². The van der Waals surface area contributed by atoms with Crippen molar-refractivity contribution in [3.8, 4) is 0 Å². The summed E-state index contributed by atoms with van der Waals surface area (Å²) in [5.74, 6) is -0.496. The minimum Gasteiger partial charge on any atom is -0.396 e. The van der Waals surface area contributed by atoms with Gasteiger partial charge in [-0.2, -0.15) is 0 Å². The molecule has 1 atom stereocenters. The maximum Gasteiger partial charge on any atom is 0.123 e. The van der Waals surface area contributed by atoms with Gasteiger partial charge in [-0.1, -0.05) is 26.5 Å². The largest absolute Gasteiger partial charge is 0.396 e. The summed E-state index contributed by atoms with van der Waals surface area (Å²) in [4.78, 5) is 0. The van der Waals surface area contributed by atoms with Crippen LogP contribution >= 0.6 is 9.24 Å². The topological polar surface area (TPSA) is 40.5 Å². The zero-order valence-electron chi connectivity index (χ0n) is 11.0. The first-order valence-corrected chi connectivity index (χ1v) is 6.61. The van der Waals surface area contributed by atoms with E-state index in [1.54, 1.807) is 6.07 Å². The van der Waals surface area contributed by atoms with Crippen molar-refractivity contribution in [1.29, 1.82) is 0 Å². The Morgan fingerprint density at radius 1 is 1.33 bits per heavy atom. The van der Waals surface area contributed by atoms with E-state index in [4.69, 9.17) is 10.2 Å². The molecule has 102 valence electrons. The quantitative estimate of drug-likeness (QED) is 0.808. The van der Waals surface area contributed by atoms with E-state index in [0.717, 1.165) is 16.4 Å². The summed E-state index contributed by atoms with van der Waals surface area (Å²) in [6, 6.07) is 4.45. The molecule has 0 bridgehead atoms. The second kappa shape index (κ2) is 9.21. The molecule has 0 amide bonds. The standard InChI is InChI=1S/C12H16FO2P.C2H6/c1-8(4-9(6-14)7-15)11-3-2-10(13)5-12(11)16;1-2/h2-3,5,9,14-15H,1,4,6-7,16H2;1-2H3. The minimum atomic E-state index is -0.289. The van der Waals surface area contributed by atoms with E-state index in [0.29, 0.717) is 6.42 Å². The summed E-state index contributed by atoms with van der Waals surface area (Å²) in [6.07, 6.45) is 0.500. The van der Waals surface area contributed by atoms with Crippen LogP contribution in [-0.4, -0.2) is 23.4 Å². The van der Waals surface area contributed by atoms with Crippen LogP contribution in [0.3, 0.4) is 0 Å². The fourth-order valence-corrected chi connectivity index (χ4v) is 1.96. The Labute approximate surface area is 111 Å². The molecule has 2 N–H and O–H groups in total. The number of benzene rings is 1. The predicted molar refractivity (Wildman–Crippen MR) is 78.4 cm³/mol. The molecule has 18 heavy (non-hydrogen) atoms. The SMILES string of the molecule is C=C(CC(CO)CO)c1ccc(F)cc1P.CC. The maximum atomic E-state index is 12.9. The van der Waals surface area contributed by atoms with Crippen LogP contribution in [0.4, 0.5) is 4.39 Å². The molecule has 1 aromatic carbocycles. The van der Waals surface area contributed by atoms with Crippen LogP contribution < -0.4 is 5.30 Å². The summed E-state index contributed by atoms with van der Waals surface area (Å²) in [6.45, 7) is 7.73. The van der Waals surface area contributed by atoms with E-state index < -0.39 is 0 Å². The van der Waals surface area contributed by atoms with E-state index in [9.17, 15) is 4.39 Å². The van der Waals surface area contributed by atoms with Gasteiger partial charge in [-0.25, -0.2) is 4.39 Å². The highest BCUT2D eigenvalue weighted by Gasteiger charge is 2.11. The smallest absolute Gasteiger partial charge is 0.123 e. The van der Waals surface area contributed by atoms with E-state index in [-0.39, 0.29) is 24.9 Å². The highest BCUT2D eigenvalue weighted by Crippen LogP contribution is 2.21. The first-order chi connectivity index (χ1) is 8.58. The molecule has 0 fully saturated rings. The van der Waals surface area contributed by atoms with Gasteiger partial charge in [0.1, 0.15) is 5.82 Å². The highest BCUT2D eigenvalue weighted by atomic mass is 31.0. The van der Waals surface area contributed by atoms with Crippen LogP contribution in [0.2, 0.25) is 0 Å². The fraction of sp³-hybridized carbons (Fsp3) is 0.429. The highest BCUT2D eigenvalue weighted by molar-refractivity contribution is 7.27. The third-order valence-electron chi connectivity index (χ3n) is 2.45. The molecule has 0 aliphatic heterocycles. The van der Waals surface area contributed by atoms with E-state index in [2.05, 4.69) is 15.8 Å². The molecular formula is C14H22FO2P. The van der Waals surface area contributed by atoms with Crippen LogP contribution in [0.5, 0.6) is 0 Å². The molecule has 1 rings (SSSR count). The Balaban J connectivity index is 0.00000137. The first kappa shape index (κ1) is 17.2. The van der Waals surface area contributed by atoms with Crippen LogP contribution in [0.25, 0.3) is 5.57 Å². The van der Waals surface area contributed by atoms with Crippen molar-refractivity contribution in [2.24, 2.45) is 5.92 Å². The average molecular weight is 272 g/mol. The number of rotatable bonds is 5. The number of aliphatic hydroxyl groups is 2. The number of allylic oxidation sites excluding steroid dienone is 1. The molecule has 0 heterocycles. The summed E-state index contributed by atoms with van der Waals surface area (Å²) >= 11 is 0. The predicted octanol–water partition coefficient (Wildman–Crippen LogP) is 2.36. The van der Waals surface area contributed by atoms with E-state index in [1.807, 2.05) is 13.8 Å². The van der Waals surface area contributed by atoms with Crippen molar-refractivity contribution >= 4 is 20.1 Å².